The summed E-state index contributed by atoms with van der Waals surface area (Å²) >= 11 is 0. The standard InChI is InChI=1S/C17H20F5N5O/c18-12-10(2-1-3-11(12)28)13-25-14(23-8-4-16(19,20)5-8)27-15(26-13)24-9-6-17(21,22)7-9/h8-9,11,28H,1-7H2,(H2,23,24,25,26,27)/i11D. The summed E-state index contributed by atoms with van der Waals surface area (Å²) in [6.07, 6.45) is -3.62. The van der Waals surface area contributed by atoms with Gasteiger partial charge in [-0.3, -0.25) is 0 Å². The normalized spacial score (nSPS) is 30.3. The molecule has 0 bridgehead atoms. The first-order valence-corrected chi connectivity index (χ1v) is 9.09. The van der Waals surface area contributed by atoms with Crippen LogP contribution in [0.1, 0.15) is 52.1 Å². The third-order valence-electron chi connectivity index (χ3n) is 5.11. The van der Waals surface area contributed by atoms with Gasteiger partial charge >= 0.3 is 0 Å². The monoisotopic (exact) mass is 406 g/mol. The first-order valence-electron chi connectivity index (χ1n) is 9.59. The second-order valence-electron chi connectivity index (χ2n) is 7.61. The molecule has 154 valence electrons. The van der Waals surface area contributed by atoms with Gasteiger partial charge in [0.15, 0.2) is 5.82 Å². The van der Waals surface area contributed by atoms with Gasteiger partial charge in [0.25, 0.3) is 11.8 Å². The van der Waals surface area contributed by atoms with Crippen molar-refractivity contribution in [2.45, 2.75) is 75.0 Å². The molecule has 3 aliphatic rings. The van der Waals surface area contributed by atoms with Crippen molar-refractivity contribution in [2.75, 3.05) is 10.6 Å². The van der Waals surface area contributed by atoms with E-state index < -0.39 is 61.5 Å². The topological polar surface area (TPSA) is 83.0 Å². The Morgan fingerprint density at radius 2 is 1.43 bits per heavy atom. The fourth-order valence-corrected chi connectivity index (χ4v) is 3.57. The number of aliphatic hydroxyl groups is 1. The van der Waals surface area contributed by atoms with Gasteiger partial charge < -0.3 is 15.7 Å². The molecule has 28 heavy (non-hydrogen) atoms. The summed E-state index contributed by atoms with van der Waals surface area (Å²) in [4.78, 5) is 12.2. The molecule has 3 aliphatic carbocycles. The molecule has 6 nitrogen and oxygen atoms in total. The summed E-state index contributed by atoms with van der Waals surface area (Å²) in [6.45, 7) is 0. The van der Waals surface area contributed by atoms with Crippen molar-refractivity contribution in [3.05, 3.63) is 11.7 Å². The van der Waals surface area contributed by atoms with Gasteiger partial charge in [-0.05, 0) is 19.3 Å². The number of hydrogen-bond acceptors (Lipinski definition) is 6. The van der Waals surface area contributed by atoms with E-state index in [9.17, 15) is 27.1 Å². The lowest BCUT2D eigenvalue weighted by Gasteiger charge is -2.36. The Hall–Kier alpha value is -2.04. The second-order valence-corrected chi connectivity index (χ2v) is 7.61. The largest absolute Gasteiger partial charge is 0.386 e. The molecule has 4 rings (SSSR count). The van der Waals surface area contributed by atoms with E-state index in [1.54, 1.807) is 0 Å². The molecular formula is C17H20F5N5O. The van der Waals surface area contributed by atoms with Crippen LogP contribution in [-0.4, -0.2) is 50.1 Å². The maximum atomic E-state index is 14.6. The molecule has 1 aromatic rings. The Bertz CT molecular complexity index is 789. The average Bonchev–Trinajstić information content (AvgIpc) is 2.54. The van der Waals surface area contributed by atoms with E-state index in [1.807, 2.05) is 0 Å². The number of nitrogens with one attached hydrogen (secondary N) is 2. The number of allylic oxidation sites excluding steroid dienone is 1. The Labute approximate surface area is 159 Å². The van der Waals surface area contributed by atoms with E-state index in [0.717, 1.165) is 0 Å². The number of rotatable bonds is 5. The molecule has 1 atom stereocenters. The minimum absolute atomic E-state index is 0.0832. The SMILES string of the molecule is [2H]C1(O)CCCC(c2nc(NC3CC(F)(F)C3)nc(NC3CC(F)(F)C3)n2)=C1F. The summed E-state index contributed by atoms with van der Waals surface area (Å²) < 4.78 is 74.6. The zero-order valence-electron chi connectivity index (χ0n) is 15.8. The van der Waals surface area contributed by atoms with E-state index in [0.29, 0.717) is 6.42 Å². The van der Waals surface area contributed by atoms with Crippen LogP contribution in [0.2, 0.25) is 0 Å². The van der Waals surface area contributed by atoms with Gasteiger partial charge in [0.05, 0.1) is 1.37 Å². The maximum absolute atomic E-state index is 14.6. The average molecular weight is 406 g/mol. The summed E-state index contributed by atoms with van der Waals surface area (Å²) in [7, 11) is 0. The fraction of sp³-hybridized carbons (Fsp3) is 0.706. The Balaban J connectivity index is 1.61. The molecule has 3 N–H and O–H groups in total. The predicted octanol–water partition coefficient (Wildman–Crippen LogP) is 3.52. The number of alkyl halides is 4. The fourth-order valence-electron chi connectivity index (χ4n) is 3.57. The summed E-state index contributed by atoms with van der Waals surface area (Å²) in [5, 5.41) is 15.3. The molecule has 0 saturated heterocycles. The van der Waals surface area contributed by atoms with Crippen molar-refractivity contribution in [1.82, 2.24) is 15.0 Å². The van der Waals surface area contributed by atoms with Crippen LogP contribution in [-0.2, 0) is 0 Å². The van der Waals surface area contributed by atoms with Crippen LogP contribution in [0.4, 0.5) is 33.8 Å². The van der Waals surface area contributed by atoms with Crippen molar-refractivity contribution >= 4 is 17.5 Å². The maximum Gasteiger partial charge on any atom is 0.252 e. The van der Waals surface area contributed by atoms with E-state index in [-0.39, 0.29) is 36.1 Å². The molecular weight excluding hydrogens is 385 g/mol. The first kappa shape index (κ1) is 18.0. The van der Waals surface area contributed by atoms with Crippen LogP contribution >= 0.6 is 0 Å². The Morgan fingerprint density at radius 1 is 0.929 bits per heavy atom. The summed E-state index contributed by atoms with van der Waals surface area (Å²) in [5.74, 6) is -6.98. The second kappa shape index (κ2) is 6.78. The van der Waals surface area contributed by atoms with Gasteiger partial charge in [-0.15, -0.1) is 0 Å². The van der Waals surface area contributed by atoms with Crippen LogP contribution in [0.3, 0.4) is 0 Å². The third kappa shape index (κ3) is 4.03. The molecule has 1 aromatic heterocycles. The van der Waals surface area contributed by atoms with Gasteiger partial charge in [-0.25, -0.2) is 22.0 Å². The molecule has 0 aliphatic heterocycles. The smallest absolute Gasteiger partial charge is 0.252 e. The third-order valence-corrected chi connectivity index (χ3v) is 5.11. The summed E-state index contributed by atoms with van der Waals surface area (Å²) in [6, 6.07) is -1.17. The molecule has 11 heteroatoms. The zero-order valence-corrected chi connectivity index (χ0v) is 14.8. The highest BCUT2D eigenvalue weighted by molar-refractivity contribution is 5.65. The van der Waals surface area contributed by atoms with E-state index >= 15 is 0 Å². The predicted molar refractivity (Wildman–Crippen MR) is 90.9 cm³/mol. The lowest BCUT2D eigenvalue weighted by molar-refractivity contribution is -0.0799. The van der Waals surface area contributed by atoms with Crippen molar-refractivity contribution in [2.24, 2.45) is 0 Å². The van der Waals surface area contributed by atoms with E-state index in [4.69, 9.17) is 1.37 Å². The molecule has 0 aromatic carbocycles. The van der Waals surface area contributed by atoms with Crippen LogP contribution < -0.4 is 10.6 Å². The minimum Gasteiger partial charge on any atom is -0.386 e. The van der Waals surface area contributed by atoms with Gasteiger partial charge in [0.2, 0.25) is 11.9 Å². The highest BCUT2D eigenvalue weighted by atomic mass is 19.3. The van der Waals surface area contributed by atoms with Gasteiger partial charge in [-0.2, -0.15) is 15.0 Å². The van der Waals surface area contributed by atoms with Gasteiger partial charge in [-0.1, -0.05) is 0 Å². The molecule has 0 spiro atoms. The van der Waals surface area contributed by atoms with Crippen molar-refractivity contribution in [3.8, 4) is 0 Å². The number of nitrogens with zero attached hydrogens (tertiary/aromatic N) is 3. The van der Waals surface area contributed by atoms with E-state index in [2.05, 4.69) is 25.6 Å². The van der Waals surface area contributed by atoms with Crippen molar-refractivity contribution in [1.29, 1.82) is 0 Å². The quantitative estimate of drug-likeness (QED) is 0.649. The summed E-state index contributed by atoms with van der Waals surface area (Å²) in [5.41, 5.74) is -0.0832. The van der Waals surface area contributed by atoms with Gasteiger partial charge in [0.1, 0.15) is 11.9 Å². The minimum atomic E-state index is -2.77. The Kier molecular flexibility index (Phi) is 4.37. The number of hydrogen-bond donors (Lipinski definition) is 3. The number of halogens is 5. The lowest BCUT2D eigenvalue weighted by Crippen LogP contribution is -2.45. The van der Waals surface area contributed by atoms with Gasteiger partial charge in [0, 0.05) is 43.3 Å². The highest BCUT2D eigenvalue weighted by Gasteiger charge is 2.46. The molecule has 2 saturated carbocycles. The first-order chi connectivity index (χ1) is 13.4. The zero-order chi connectivity index (χ0) is 21.0. The van der Waals surface area contributed by atoms with Crippen LogP contribution in [0.25, 0.3) is 5.57 Å². The van der Waals surface area contributed by atoms with Crippen LogP contribution in [0.15, 0.2) is 5.83 Å². The number of anilines is 2. The van der Waals surface area contributed by atoms with Crippen molar-refractivity contribution < 1.29 is 28.4 Å². The molecule has 0 radical (unpaired) electrons. The molecule has 2 fully saturated rings. The van der Waals surface area contributed by atoms with Crippen molar-refractivity contribution in [3.63, 3.8) is 0 Å². The highest BCUT2D eigenvalue weighted by Crippen LogP contribution is 2.40. The van der Waals surface area contributed by atoms with Crippen LogP contribution in [0, 0.1) is 0 Å². The van der Waals surface area contributed by atoms with Crippen LogP contribution in [0.5, 0.6) is 0 Å². The number of aromatic nitrogens is 3. The lowest BCUT2D eigenvalue weighted by atomic mass is 9.88. The molecule has 0 amide bonds. The van der Waals surface area contributed by atoms with E-state index in [1.165, 1.54) is 0 Å². The molecule has 1 heterocycles. The molecule has 1 unspecified atom stereocenters. The Morgan fingerprint density at radius 3 is 1.89 bits per heavy atom.